The second-order valence-corrected chi connectivity index (χ2v) is 5.43. The van der Waals surface area contributed by atoms with Crippen molar-refractivity contribution in [1.29, 1.82) is 0 Å². The van der Waals surface area contributed by atoms with Crippen LogP contribution in [0.25, 0.3) is 23.3 Å². The zero-order chi connectivity index (χ0) is 16.2. The third kappa shape index (κ3) is 3.54. The van der Waals surface area contributed by atoms with E-state index < -0.39 is 0 Å². The number of para-hydroxylation sites is 2. The highest BCUT2D eigenvalue weighted by Gasteiger charge is 2.07. The van der Waals surface area contributed by atoms with Gasteiger partial charge in [0.2, 0.25) is 5.89 Å². The molecule has 4 nitrogen and oxygen atoms in total. The zero-order valence-corrected chi connectivity index (χ0v) is 13.4. The Morgan fingerprint density at radius 3 is 2.61 bits per heavy atom. The summed E-state index contributed by atoms with van der Waals surface area (Å²) in [5.74, 6) is 2.02. The smallest absolute Gasteiger partial charge is 0.220 e. The molecule has 0 unspecified atom stereocenters. The van der Waals surface area contributed by atoms with Crippen molar-refractivity contribution in [3.63, 3.8) is 0 Å². The monoisotopic (exact) mass is 309 g/mol. The van der Waals surface area contributed by atoms with Gasteiger partial charge in [0, 0.05) is 6.08 Å². The number of benzene rings is 2. The average Bonchev–Trinajstić information content (AvgIpc) is 2.96. The number of fused-ring (bicyclic) bond motifs is 1. The Labute approximate surface area is 135 Å². The van der Waals surface area contributed by atoms with Gasteiger partial charge in [-0.1, -0.05) is 18.2 Å². The van der Waals surface area contributed by atoms with E-state index in [-0.39, 0.29) is 6.10 Å². The predicted octanol–water partition coefficient (Wildman–Crippen LogP) is 4.79. The van der Waals surface area contributed by atoms with Crippen LogP contribution in [0.1, 0.15) is 25.3 Å². The van der Waals surface area contributed by atoms with Gasteiger partial charge in [-0.05, 0) is 49.8 Å². The van der Waals surface area contributed by atoms with E-state index in [9.17, 15) is 0 Å². The Morgan fingerprint density at radius 1 is 1.04 bits per heavy atom. The second-order valence-electron chi connectivity index (χ2n) is 5.43. The molecule has 0 aliphatic carbocycles. The van der Waals surface area contributed by atoms with Crippen molar-refractivity contribution in [2.24, 2.45) is 0 Å². The Balaban J connectivity index is 1.84. The maximum absolute atomic E-state index is 5.71. The third-order valence-electron chi connectivity index (χ3n) is 3.28. The number of rotatable bonds is 5. The molecule has 1 aromatic heterocycles. The molecule has 0 saturated heterocycles. The van der Waals surface area contributed by atoms with Crippen molar-refractivity contribution in [2.75, 3.05) is 7.11 Å². The van der Waals surface area contributed by atoms with Gasteiger partial charge in [-0.15, -0.1) is 0 Å². The summed E-state index contributed by atoms with van der Waals surface area (Å²) in [6.07, 6.45) is 3.88. The standard InChI is InChI=1S/C19H19NO3/c1-13(2)22-17-10-8-14(12-18(17)21-3)9-11-19-20-15-6-4-5-7-16(15)23-19/h4-13H,1-3H3/b11-9+. The maximum atomic E-state index is 5.71. The second kappa shape index (κ2) is 6.57. The van der Waals surface area contributed by atoms with Crippen LogP contribution in [0.4, 0.5) is 0 Å². The molecule has 0 aliphatic heterocycles. The fraction of sp³-hybridized carbons (Fsp3) is 0.211. The molecular weight excluding hydrogens is 290 g/mol. The first-order valence-electron chi connectivity index (χ1n) is 7.54. The summed E-state index contributed by atoms with van der Waals surface area (Å²) in [6, 6.07) is 13.5. The van der Waals surface area contributed by atoms with E-state index in [4.69, 9.17) is 13.9 Å². The van der Waals surface area contributed by atoms with Crippen LogP contribution in [-0.4, -0.2) is 18.2 Å². The van der Waals surface area contributed by atoms with Crippen molar-refractivity contribution >= 4 is 23.3 Å². The van der Waals surface area contributed by atoms with Gasteiger partial charge in [0.1, 0.15) is 5.52 Å². The lowest BCUT2D eigenvalue weighted by Crippen LogP contribution is -2.06. The number of ether oxygens (including phenoxy) is 2. The topological polar surface area (TPSA) is 44.5 Å². The van der Waals surface area contributed by atoms with Gasteiger partial charge in [-0.2, -0.15) is 0 Å². The molecule has 0 amide bonds. The maximum Gasteiger partial charge on any atom is 0.220 e. The highest BCUT2D eigenvalue weighted by atomic mass is 16.5. The van der Waals surface area contributed by atoms with Gasteiger partial charge in [0.25, 0.3) is 0 Å². The minimum absolute atomic E-state index is 0.102. The molecule has 4 heteroatoms. The molecule has 0 N–H and O–H groups in total. The first-order chi connectivity index (χ1) is 11.2. The lowest BCUT2D eigenvalue weighted by molar-refractivity contribution is 0.230. The number of hydrogen-bond donors (Lipinski definition) is 0. The number of oxazole rings is 1. The summed E-state index contributed by atoms with van der Waals surface area (Å²) in [5, 5.41) is 0. The lowest BCUT2D eigenvalue weighted by atomic mass is 10.2. The number of aromatic nitrogens is 1. The molecule has 0 bridgehead atoms. The van der Waals surface area contributed by atoms with E-state index in [1.165, 1.54) is 0 Å². The van der Waals surface area contributed by atoms with Crippen LogP contribution in [0, 0.1) is 0 Å². The minimum atomic E-state index is 0.102. The Bertz CT molecular complexity index is 801. The van der Waals surface area contributed by atoms with Crippen LogP contribution in [0.15, 0.2) is 46.9 Å². The van der Waals surface area contributed by atoms with Gasteiger partial charge < -0.3 is 13.9 Å². The summed E-state index contributed by atoms with van der Waals surface area (Å²) in [7, 11) is 1.64. The van der Waals surface area contributed by atoms with Crippen LogP contribution in [0.2, 0.25) is 0 Å². The van der Waals surface area contributed by atoms with Gasteiger partial charge in [0.15, 0.2) is 17.1 Å². The van der Waals surface area contributed by atoms with E-state index >= 15 is 0 Å². The van der Waals surface area contributed by atoms with Crippen molar-refractivity contribution in [3.8, 4) is 11.5 Å². The molecule has 0 saturated carbocycles. The highest BCUT2D eigenvalue weighted by molar-refractivity contribution is 5.76. The van der Waals surface area contributed by atoms with E-state index in [0.29, 0.717) is 11.6 Å². The Kier molecular flexibility index (Phi) is 4.33. The van der Waals surface area contributed by atoms with E-state index in [1.807, 2.05) is 68.5 Å². The van der Waals surface area contributed by atoms with E-state index in [0.717, 1.165) is 22.4 Å². The Morgan fingerprint density at radius 2 is 1.87 bits per heavy atom. The third-order valence-corrected chi connectivity index (χ3v) is 3.28. The summed E-state index contributed by atoms with van der Waals surface area (Å²) in [6.45, 7) is 3.97. The largest absolute Gasteiger partial charge is 0.493 e. The van der Waals surface area contributed by atoms with Gasteiger partial charge in [-0.3, -0.25) is 0 Å². The molecule has 0 aliphatic rings. The molecule has 1 heterocycles. The van der Waals surface area contributed by atoms with Crippen molar-refractivity contribution < 1.29 is 13.9 Å². The molecule has 23 heavy (non-hydrogen) atoms. The quantitative estimate of drug-likeness (QED) is 0.679. The van der Waals surface area contributed by atoms with Crippen LogP contribution >= 0.6 is 0 Å². The molecule has 0 radical (unpaired) electrons. The summed E-state index contributed by atoms with van der Waals surface area (Å²) >= 11 is 0. The van der Waals surface area contributed by atoms with Crippen LogP contribution in [0.5, 0.6) is 11.5 Å². The average molecular weight is 309 g/mol. The van der Waals surface area contributed by atoms with E-state index in [2.05, 4.69) is 4.98 Å². The normalized spacial score (nSPS) is 11.5. The van der Waals surface area contributed by atoms with Gasteiger partial charge >= 0.3 is 0 Å². The lowest BCUT2D eigenvalue weighted by Gasteiger charge is -2.13. The molecule has 0 atom stereocenters. The highest BCUT2D eigenvalue weighted by Crippen LogP contribution is 2.29. The minimum Gasteiger partial charge on any atom is -0.493 e. The van der Waals surface area contributed by atoms with Crippen LogP contribution < -0.4 is 9.47 Å². The molecule has 3 rings (SSSR count). The number of methoxy groups -OCH3 is 1. The summed E-state index contributed by atoms with van der Waals surface area (Å²) in [4.78, 5) is 4.42. The van der Waals surface area contributed by atoms with Crippen molar-refractivity contribution in [2.45, 2.75) is 20.0 Å². The Hall–Kier alpha value is -2.75. The van der Waals surface area contributed by atoms with Crippen molar-refractivity contribution in [1.82, 2.24) is 4.98 Å². The fourth-order valence-corrected chi connectivity index (χ4v) is 2.27. The summed E-state index contributed by atoms with van der Waals surface area (Å²) in [5.41, 5.74) is 2.62. The van der Waals surface area contributed by atoms with Crippen LogP contribution in [-0.2, 0) is 0 Å². The van der Waals surface area contributed by atoms with Gasteiger partial charge in [0.05, 0.1) is 13.2 Å². The van der Waals surface area contributed by atoms with Crippen molar-refractivity contribution in [3.05, 3.63) is 53.9 Å². The molecule has 2 aromatic carbocycles. The predicted molar refractivity (Wildman–Crippen MR) is 91.7 cm³/mol. The van der Waals surface area contributed by atoms with Crippen LogP contribution in [0.3, 0.4) is 0 Å². The fourth-order valence-electron chi connectivity index (χ4n) is 2.27. The zero-order valence-electron chi connectivity index (χ0n) is 13.4. The SMILES string of the molecule is COc1cc(/C=C/c2nc3ccccc3o2)ccc1OC(C)C. The molecule has 0 spiro atoms. The van der Waals surface area contributed by atoms with Gasteiger partial charge in [-0.25, -0.2) is 4.98 Å². The molecular formula is C19H19NO3. The van der Waals surface area contributed by atoms with E-state index in [1.54, 1.807) is 7.11 Å². The first kappa shape index (κ1) is 15.2. The number of nitrogens with zero attached hydrogens (tertiary/aromatic N) is 1. The summed E-state index contributed by atoms with van der Waals surface area (Å²) < 4.78 is 16.8. The first-order valence-corrected chi connectivity index (χ1v) is 7.54. The number of hydrogen-bond acceptors (Lipinski definition) is 4. The molecule has 118 valence electrons. The molecule has 3 aromatic rings. The molecule has 0 fully saturated rings.